The minimum atomic E-state index is -0.0346. The monoisotopic (exact) mass is 235 g/mol. The van der Waals surface area contributed by atoms with Crippen molar-refractivity contribution in [2.45, 2.75) is 23.8 Å². The molecule has 0 saturated carbocycles. The fourth-order valence-corrected chi connectivity index (χ4v) is 2.30. The summed E-state index contributed by atoms with van der Waals surface area (Å²) >= 11 is 1.47. The summed E-state index contributed by atoms with van der Waals surface area (Å²) in [5.74, 6) is 0.181. The van der Waals surface area contributed by atoms with Gasteiger partial charge in [-0.15, -0.1) is 10.2 Å². The molecule has 0 aliphatic heterocycles. The van der Waals surface area contributed by atoms with Crippen molar-refractivity contribution in [1.29, 1.82) is 5.41 Å². The van der Waals surface area contributed by atoms with E-state index >= 15 is 0 Å². The van der Waals surface area contributed by atoms with E-state index in [1.807, 2.05) is 35.7 Å². The lowest BCUT2D eigenvalue weighted by Crippen LogP contribution is -2.24. The van der Waals surface area contributed by atoms with Gasteiger partial charge < -0.3 is 5.73 Å². The average molecular weight is 235 g/mol. The molecule has 0 aliphatic rings. The molecule has 0 fully saturated rings. The molecule has 84 valence electrons. The van der Waals surface area contributed by atoms with Crippen LogP contribution in [0.15, 0.2) is 29.6 Å². The number of hydrogen-bond acceptors (Lipinski definition) is 4. The number of nitrogens with one attached hydrogen (secondary N) is 1. The standard InChI is InChI=1S/C10H13N5S/c1-2-7(9(11)12)16-10-14-13-8-5-3-4-6-15(8)10/h3-7H,2H2,1H3,(H3,11,12). The van der Waals surface area contributed by atoms with E-state index in [2.05, 4.69) is 10.2 Å². The molecule has 0 bridgehead atoms. The molecule has 2 rings (SSSR count). The summed E-state index contributed by atoms with van der Waals surface area (Å²) in [5.41, 5.74) is 6.32. The first-order chi connectivity index (χ1) is 7.72. The topological polar surface area (TPSA) is 80.1 Å². The fraction of sp³-hybridized carbons (Fsp3) is 0.300. The number of nitrogens with two attached hydrogens (primary N) is 1. The van der Waals surface area contributed by atoms with Gasteiger partial charge in [0.15, 0.2) is 10.8 Å². The van der Waals surface area contributed by atoms with Crippen LogP contribution in [0.25, 0.3) is 5.65 Å². The van der Waals surface area contributed by atoms with Crippen LogP contribution in [0.3, 0.4) is 0 Å². The molecular formula is C10H13N5S. The highest BCUT2D eigenvalue weighted by molar-refractivity contribution is 8.00. The predicted octanol–water partition coefficient (Wildman–Crippen LogP) is 1.54. The molecule has 16 heavy (non-hydrogen) atoms. The van der Waals surface area contributed by atoms with Crippen molar-refractivity contribution >= 4 is 23.2 Å². The molecule has 0 spiro atoms. The Morgan fingerprint density at radius 1 is 1.56 bits per heavy atom. The lowest BCUT2D eigenvalue weighted by molar-refractivity contribution is 0.905. The van der Waals surface area contributed by atoms with Crippen molar-refractivity contribution in [1.82, 2.24) is 14.6 Å². The molecule has 0 aliphatic carbocycles. The molecule has 6 heteroatoms. The second-order valence-corrected chi connectivity index (χ2v) is 4.55. The summed E-state index contributed by atoms with van der Waals surface area (Å²) in [4.78, 5) is 0. The lowest BCUT2D eigenvalue weighted by Gasteiger charge is -2.10. The molecule has 0 amide bonds. The molecule has 0 saturated heterocycles. The van der Waals surface area contributed by atoms with E-state index in [4.69, 9.17) is 11.1 Å². The van der Waals surface area contributed by atoms with Crippen molar-refractivity contribution < 1.29 is 0 Å². The van der Waals surface area contributed by atoms with Gasteiger partial charge in [-0.3, -0.25) is 9.81 Å². The van der Waals surface area contributed by atoms with E-state index in [1.54, 1.807) is 0 Å². The SMILES string of the molecule is CCC(Sc1nnc2ccccn12)C(=N)N. The Morgan fingerprint density at radius 3 is 3.06 bits per heavy atom. The maximum absolute atomic E-state index is 7.46. The van der Waals surface area contributed by atoms with E-state index in [-0.39, 0.29) is 11.1 Å². The minimum Gasteiger partial charge on any atom is -0.387 e. The molecule has 2 aromatic heterocycles. The highest BCUT2D eigenvalue weighted by atomic mass is 32.2. The Balaban J connectivity index is 2.30. The highest BCUT2D eigenvalue weighted by Gasteiger charge is 2.15. The second-order valence-electron chi connectivity index (χ2n) is 3.38. The van der Waals surface area contributed by atoms with Crippen LogP contribution in [0.2, 0.25) is 0 Å². The highest BCUT2D eigenvalue weighted by Crippen LogP contribution is 2.23. The van der Waals surface area contributed by atoms with Crippen molar-refractivity contribution in [2.24, 2.45) is 5.73 Å². The molecule has 3 N–H and O–H groups in total. The third-order valence-corrected chi connectivity index (χ3v) is 3.61. The zero-order valence-electron chi connectivity index (χ0n) is 8.92. The zero-order valence-corrected chi connectivity index (χ0v) is 9.74. The smallest absolute Gasteiger partial charge is 0.196 e. The summed E-state index contributed by atoms with van der Waals surface area (Å²) < 4.78 is 1.90. The van der Waals surface area contributed by atoms with Crippen LogP contribution in [0.4, 0.5) is 0 Å². The Morgan fingerprint density at radius 2 is 2.38 bits per heavy atom. The number of thioether (sulfide) groups is 1. The van der Waals surface area contributed by atoms with Crippen molar-refractivity contribution in [2.75, 3.05) is 0 Å². The maximum Gasteiger partial charge on any atom is 0.196 e. The van der Waals surface area contributed by atoms with E-state index in [0.29, 0.717) is 0 Å². The predicted molar refractivity (Wildman–Crippen MR) is 64.8 cm³/mol. The first-order valence-electron chi connectivity index (χ1n) is 5.02. The molecule has 1 atom stereocenters. The molecule has 0 radical (unpaired) electrons. The van der Waals surface area contributed by atoms with Gasteiger partial charge in [0.05, 0.1) is 5.25 Å². The summed E-state index contributed by atoms with van der Waals surface area (Å²) in [5, 5.41) is 16.3. The Bertz CT molecular complexity index is 507. The third-order valence-electron chi connectivity index (χ3n) is 2.25. The number of pyridine rings is 1. The Hall–Kier alpha value is -1.56. The molecular weight excluding hydrogens is 222 g/mol. The molecule has 0 aromatic carbocycles. The zero-order chi connectivity index (χ0) is 11.5. The number of hydrogen-bond donors (Lipinski definition) is 2. The molecule has 2 heterocycles. The first kappa shape index (κ1) is 10.9. The van der Waals surface area contributed by atoms with Crippen LogP contribution in [0.1, 0.15) is 13.3 Å². The largest absolute Gasteiger partial charge is 0.387 e. The van der Waals surface area contributed by atoms with Crippen molar-refractivity contribution in [3.63, 3.8) is 0 Å². The van der Waals surface area contributed by atoms with E-state index < -0.39 is 0 Å². The number of rotatable bonds is 4. The van der Waals surface area contributed by atoms with E-state index in [9.17, 15) is 0 Å². The minimum absolute atomic E-state index is 0.0346. The molecule has 2 aromatic rings. The van der Waals surface area contributed by atoms with Gasteiger partial charge in [-0.05, 0) is 18.6 Å². The van der Waals surface area contributed by atoms with Gasteiger partial charge in [-0.1, -0.05) is 24.8 Å². The van der Waals surface area contributed by atoms with Crippen LogP contribution in [0, 0.1) is 5.41 Å². The van der Waals surface area contributed by atoms with Gasteiger partial charge >= 0.3 is 0 Å². The number of nitrogens with zero attached hydrogens (tertiary/aromatic N) is 3. The van der Waals surface area contributed by atoms with Crippen molar-refractivity contribution in [3.8, 4) is 0 Å². The number of aromatic nitrogens is 3. The second kappa shape index (κ2) is 4.52. The normalized spacial score (nSPS) is 12.8. The van der Waals surface area contributed by atoms with Crippen LogP contribution in [-0.2, 0) is 0 Å². The summed E-state index contributed by atoms with van der Waals surface area (Å²) in [6.07, 6.45) is 2.71. The average Bonchev–Trinajstić information content (AvgIpc) is 2.69. The van der Waals surface area contributed by atoms with Gasteiger partial charge in [0.2, 0.25) is 0 Å². The fourth-order valence-electron chi connectivity index (χ4n) is 1.39. The van der Waals surface area contributed by atoms with Crippen molar-refractivity contribution in [3.05, 3.63) is 24.4 Å². The van der Waals surface area contributed by atoms with Crippen LogP contribution in [-0.4, -0.2) is 25.7 Å². The number of amidine groups is 1. The summed E-state index contributed by atoms with van der Waals surface area (Å²) in [6.45, 7) is 2.00. The summed E-state index contributed by atoms with van der Waals surface area (Å²) in [6, 6.07) is 5.74. The van der Waals surface area contributed by atoms with Crippen LogP contribution >= 0.6 is 11.8 Å². The van der Waals surface area contributed by atoms with E-state index in [1.165, 1.54) is 11.8 Å². The third kappa shape index (κ3) is 2.01. The quantitative estimate of drug-likeness (QED) is 0.478. The van der Waals surface area contributed by atoms with Gasteiger partial charge in [0, 0.05) is 6.20 Å². The van der Waals surface area contributed by atoms with Crippen LogP contribution in [0.5, 0.6) is 0 Å². The summed E-state index contributed by atoms with van der Waals surface area (Å²) in [7, 11) is 0. The number of fused-ring (bicyclic) bond motifs is 1. The van der Waals surface area contributed by atoms with Gasteiger partial charge in [0.1, 0.15) is 5.84 Å². The van der Waals surface area contributed by atoms with Gasteiger partial charge in [-0.25, -0.2) is 0 Å². The Labute approximate surface area is 97.6 Å². The lowest BCUT2D eigenvalue weighted by atomic mass is 10.3. The Kier molecular flexibility index (Phi) is 3.09. The van der Waals surface area contributed by atoms with Gasteiger partial charge in [0.25, 0.3) is 0 Å². The first-order valence-corrected chi connectivity index (χ1v) is 5.90. The molecule has 5 nitrogen and oxygen atoms in total. The van der Waals surface area contributed by atoms with Gasteiger partial charge in [-0.2, -0.15) is 0 Å². The maximum atomic E-state index is 7.46. The van der Waals surface area contributed by atoms with E-state index in [0.717, 1.165) is 17.2 Å². The molecule has 1 unspecified atom stereocenters. The van der Waals surface area contributed by atoms with Crippen LogP contribution < -0.4 is 5.73 Å².